The highest BCUT2D eigenvalue weighted by molar-refractivity contribution is 5.35. The van der Waals surface area contributed by atoms with Crippen LogP contribution in [0.5, 0.6) is 0 Å². The lowest BCUT2D eigenvalue weighted by atomic mass is 9.95. The third-order valence-electron chi connectivity index (χ3n) is 5.26. The third kappa shape index (κ3) is 3.69. The van der Waals surface area contributed by atoms with E-state index in [4.69, 9.17) is 4.98 Å². The molecule has 4 rings (SSSR count). The molecule has 0 aliphatic carbocycles. The molecule has 0 saturated carbocycles. The zero-order chi connectivity index (χ0) is 19.9. The van der Waals surface area contributed by atoms with Crippen LogP contribution in [0.3, 0.4) is 0 Å². The second-order valence-corrected chi connectivity index (χ2v) is 8.52. The number of aromatic nitrogens is 4. The van der Waals surface area contributed by atoms with Gasteiger partial charge in [0.2, 0.25) is 0 Å². The Morgan fingerprint density at radius 1 is 1.11 bits per heavy atom. The van der Waals surface area contributed by atoms with Gasteiger partial charge in [0.25, 0.3) is 0 Å². The minimum Gasteiger partial charge on any atom is -0.294 e. The van der Waals surface area contributed by atoms with Gasteiger partial charge in [-0.05, 0) is 31.2 Å². The third-order valence-corrected chi connectivity index (χ3v) is 5.26. The maximum absolute atomic E-state index is 13.2. The van der Waals surface area contributed by atoms with Crippen molar-refractivity contribution in [3.05, 3.63) is 70.8 Å². The van der Waals surface area contributed by atoms with Gasteiger partial charge >= 0.3 is 0 Å². The van der Waals surface area contributed by atoms with Gasteiger partial charge < -0.3 is 0 Å². The predicted molar refractivity (Wildman–Crippen MR) is 107 cm³/mol. The van der Waals surface area contributed by atoms with Crippen molar-refractivity contribution in [1.29, 1.82) is 0 Å². The fourth-order valence-electron chi connectivity index (χ4n) is 3.55. The Morgan fingerprint density at radius 2 is 1.86 bits per heavy atom. The average molecular weight is 379 g/mol. The predicted octanol–water partition coefficient (Wildman–Crippen LogP) is 3.97. The lowest BCUT2D eigenvalue weighted by molar-refractivity contribution is 0.241. The Morgan fingerprint density at radius 3 is 2.57 bits per heavy atom. The van der Waals surface area contributed by atoms with Crippen molar-refractivity contribution in [3.63, 3.8) is 0 Å². The van der Waals surface area contributed by atoms with Crippen LogP contribution in [0.1, 0.15) is 49.1 Å². The van der Waals surface area contributed by atoms with Crippen LogP contribution >= 0.6 is 0 Å². The lowest BCUT2D eigenvalue weighted by Crippen LogP contribution is -2.32. The fourth-order valence-corrected chi connectivity index (χ4v) is 3.55. The average Bonchev–Trinajstić information content (AvgIpc) is 3.01. The maximum atomic E-state index is 13.2. The molecule has 1 aromatic carbocycles. The molecule has 3 heterocycles. The number of hydrogen-bond donors (Lipinski definition) is 0. The minimum absolute atomic E-state index is 0.0296. The molecule has 0 spiro atoms. The van der Waals surface area contributed by atoms with E-state index in [1.54, 1.807) is 12.1 Å². The van der Waals surface area contributed by atoms with E-state index in [9.17, 15) is 4.39 Å². The molecule has 0 fully saturated rings. The van der Waals surface area contributed by atoms with E-state index in [-0.39, 0.29) is 11.2 Å². The Labute approximate surface area is 165 Å². The van der Waals surface area contributed by atoms with Gasteiger partial charge in [-0.15, -0.1) is 0 Å². The van der Waals surface area contributed by atoms with E-state index < -0.39 is 0 Å². The molecule has 0 bridgehead atoms. The van der Waals surface area contributed by atoms with E-state index in [2.05, 4.69) is 42.7 Å². The molecule has 1 aliphatic heterocycles. The van der Waals surface area contributed by atoms with Crippen LogP contribution in [0.2, 0.25) is 0 Å². The molecular formula is C22H26FN5. The molecule has 2 aromatic heterocycles. The summed E-state index contributed by atoms with van der Waals surface area (Å²) in [7, 11) is 0. The first-order valence-corrected chi connectivity index (χ1v) is 9.68. The molecule has 0 saturated heterocycles. The van der Waals surface area contributed by atoms with E-state index in [1.165, 1.54) is 29.0 Å². The monoisotopic (exact) mass is 379 g/mol. The van der Waals surface area contributed by atoms with Crippen LogP contribution in [0.15, 0.2) is 36.7 Å². The molecule has 0 amide bonds. The maximum Gasteiger partial charge on any atom is 0.133 e. The highest BCUT2D eigenvalue weighted by atomic mass is 19.1. The van der Waals surface area contributed by atoms with Gasteiger partial charge in [-0.25, -0.2) is 19.0 Å². The molecular weight excluding hydrogens is 353 g/mol. The molecule has 146 valence electrons. The Bertz CT molecular complexity index is 985. The first-order valence-electron chi connectivity index (χ1n) is 9.68. The van der Waals surface area contributed by atoms with Crippen LogP contribution in [0.4, 0.5) is 4.39 Å². The summed E-state index contributed by atoms with van der Waals surface area (Å²) >= 11 is 0. The molecule has 28 heavy (non-hydrogen) atoms. The quantitative estimate of drug-likeness (QED) is 0.691. The Balaban J connectivity index is 1.50. The van der Waals surface area contributed by atoms with Crippen molar-refractivity contribution < 1.29 is 4.39 Å². The van der Waals surface area contributed by atoms with Crippen molar-refractivity contribution in [2.75, 3.05) is 6.54 Å². The summed E-state index contributed by atoms with van der Waals surface area (Å²) in [5, 5.41) is 4.51. The molecule has 3 aromatic rings. The molecule has 0 unspecified atom stereocenters. The van der Waals surface area contributed by atoms with Gasteiger partial charge in [-0.2, -0.15) is 5.10 Å². The summed E-state index contributed by atoms with van der Waals surface area (Å²) in [6.07, 6.45) is 4.84. The van der Waals surface area contributed by atoms with Gasteiger partial charge in [0.15, 0.2) is 0 Å². The summed E-state index contributed by atoms with van der Waals surface area (Å²) in [4.78, 5) is 11.8. The smallest absolute Gasteiger partial charge is 0.133 e. The van der Waals surface area contributed by atoms with Crippen LogP contribution in [0.25, 0.3) is 5.69 Å². The zero-order valence-corrected chi connectivity index (χ0v) is 16.9. The minimum atomic E-state index is -0.238. The van der Waals surface area contributed by atoms with E-state index in [1.807, 2.05) is 17.1 Å². The zero-order valence-electron chi connectivity index (χ0n) is 16.9. The highest BCUT2D eigenvalue weighted by Crippen LogP contribution is 2.24. The number of halogens is 1. The lowest BCUT2D eigenvalue weighted by Gasteiger charge is -2.29. The number of nitrogens with zero attached hydrogens (tertiary/aromatic N) is 5. The second kappa shape index (κ2) is 7.09. The molecule has 0 radical (unpaired) electrons. The summed E-state index contributed by atoms with van der Waals surface area (Å²) in [6, 6.07) is 6.42. The van der Waals surface area contributed by atoms with Crippen molar-refractivity contribution >= 4 is 0 Å². The van der Waals surface area contributed by atoms with Crippen LogP contribution < -0.4 is 0 Å². The first-order chi connectivity index (χ1) is 13.3. The fraction of sp³-hybridized carbons (Fsp3) is 0.409. The summed E-state index contributed by atoms with van der Waals surface area (Å²) in [5.74, 6) is 0.675. The molecule has 0 N–H and O–H groups in total. The van der Waals surface area contributed by atoms with Gasteiger partial charge in [-0.1, -0.05) is 20.8 Å². The molecule has 6 heteroatoms. The van der Waals surface area contributed by atoms with Gasteiger partial charge in [0.05, 0.1) is 11.9 Å². The van der Waals surface area contributed by atoms with Crippen molar-refractivity contribution in [3.8, 4) is 5.69 Å². The van der Waals surface area contributed by atoms with E-state index in [0.29, 0.717) is 0 Å². The first kappa shape index (κ1) is 18.7. The summed E-state index contributed by atoms with van der Waals surface area (Å²) in [5.41, 5.74) is 5.49. The highest BCUT2D eigenvalue weighted by Gasteiger charge is 2.23. The SMILES string of the molecule is Cc1c(CN2CCc3nc(C(C)(C)C)ncc3C2)cnn1-c1ccc(F)cc1. The number of rotatable bonds is 3. The molecule has 5 nitrogen and oxygen atoms in total. The standard InChI is InChI=1S/C22H26FN5/c1-15-16(12-25-28(15)19-7-5-18(23)6-8-19)13-27-10-9-20-17(14-27)11-24-21(26-20)22(2,3)4/h5-8,11-12H,9-10,13-14H2,1-4H3. The summed E-state index contributed by atoms with van der Waals surface area (Å²) in [6.45, 7) is 11.1. The number of hydrogen-bond acceptors (Lipinski definition) is 4. The van der Waals surface area contributed by atoms with Gasteiger partial charge in [0.1, 0.15) is 11.6 Å². The van der Waals surface area contributed by atoms with E-state index >= 15 is 0 Å². The topological polar surface area (TPSA) is 46.8 Å². The van der Waals surface area contributed by atoms with Crippen LogP contribution in [-0.4, -0.2) is 31.2 Å². The Hall–Kier alpha value is -2.60. The number of fused-ring (bicyclic) bond motifs is 1. The van der Waals surface area contributed by atoms with Gasteiger partial charge in [0, 0.05) is 60.2 Å². The van der Waals surface area contributed by atoms with Crippen LogP contribution in [0, 0.1) is 12.7 Å². The molecule has 1 aliphatic rings. The largest absolute Gasteiger partial charge is 0.294 e. The Kier molecular flexibility index (Phi) is 4.75. The van der Waals surface area contributed by atoms with Gasteiger partial charge in [-0.3, -0.25) is 4.90 Å². The van der Waals surface area contributed by atoms with Crippen LogP contribution in [-0.2, 0) is 24.9 Å². The van der Waals surface area contributed by atoms with Crippen molar-refractivity contribution in [1.82, 2.24) is 24.6 Å². The summed E-state index contributed by atoms with van der Waals surface area (Å²) < 4.78 is 15.0. The molecule has 0 atom stereocenters. The normalized spacial score (nSPS) is 14.9. The second-order valence-electron chi connectivity index (χ2n) is 8.52. The van der Waals surface area contributed by atoms with Crippen molar-refractivity contribution in [2.45, 2.75) is 52.6 Å². The number of benzene rings is 1. The van der Waals surface area contributed by atoms with E-state index in [0.717, 1.165) is 43.3 Å². The van der Waals surface area contributed by atoms with Crippen molar-refractivity contribution in [2.24, 2.45) is 0 Å².